The standard InChI is InChI=1S/C30H29FN2O3/c1-30(2,3)36-29(34)27-28(35-20-22-10-6-4-7-11-22)25(19-31)32-26(33-27)18-21-14-16-24(17-15-21)23-12-8-5-9-13-23/h4-17H,18-20H2,1-3H3. The highest BCUT2D eigenvalue weighted by Gasteiger charge is 2.27. The Morgan fingerprint density at radius 3 is 2.03 bits per heavy atom. The maximum Gasteiger partial charge on any atom is 0.361 e. The summed E-state index contributed by atoms with van der Waals surface area (Å²) < 4.78 is 25.6. The van der Waals surface area contributed by atoms with Gasteiger partial charge in [-0.15, -0.1) is 0 Å². The van der Waals surface area contributed by atoms with Crippen molar-refractivity contribution in [2.45, 2.75) is 46.1 Å². The Morgan fingerprint density at radius 2 is 1.42 bits per heavy atom. The molecule has 0 unspecified atom stereocenters. The number of esters is 1. The number of halogens is 1. The van der Waals surface area contributed by atoms with E-state index >= 15 is 0 Å². The summed E-state index contributed by atoms with van der Waals surface area (Å²) in [5, 5.41) is 0. The molecule has 0 bridgehead atoms. The molecule has 0 saturated carbocycles. The van der Waals surface area contributed by atoms with Crippen molar-refractivity contribution in [3.05, 3.63) is 113 Å². The van der Waals surface area contributed by atoms with Crippen molar-refractivity contribution in [3.8, 4) is 16.9 Å². The van der Waals surface area contributed by atoms with Gasteiger partial charge in [0.15, 0.2) is 11.4 Å². The fourth-order valence-electron chi connectivity index (χ4n) is 3.69. The topological polar surface area (TPSA) is 61.3 Å². The molecular weight excluding hydrogens is 455 g/mol. The van der Waals surface area contributed by atoms with Gasteiger partial charge >= 0.3 is 5.97 Å². The fourth-order valence-corrected chi connectivity index (χ4v) is 3.69. The van der Waals surface area contributed by atoms with Crippen molar-refractivity contribution in [2.75, 3.05) is 0 Å². The smallest absolute Gasteiger partial charge is 0.361 e. The minimum absolute atomic E-state index is 0.0128. The van der Waals surface area contributed by atoms with Crippen LogP contribution in [0.2, 0.25) is 0 Å². The number of benzene rings is 3. The van der Waals surface area contributed by atoms with Crippen LogP contribution in [-0.2, 0) is 24.4 Å². The van der Waals surface area contributed by atoms with Crippen LogP contribution in [0.5, 0.6) is 5.75 Å². The summed E-state index contributed by atoms with van der Waals surface area (Å²) >= 11 is 0. The van der Waals surface area contributed by atoms with E-state index in [1.54, 1.807) is 20.8 Å². The summed E-state index contributed by atoms with van der Waals surface area (Å²) in [7, 11) is 0. The van der Waals surface area contributed by atoms with Gasteiger partial charge < -0.3 is 9.47 Å². The van der Waals surface area contributed by atoms with Crippen LogP contribution in [-0.4, -0.2) is 21.5 Å². The Morgan fingerprint density at radius 1 is 0.806 bits per heavy atom. The maximum absolute atomic E-state index is 14.1. The minimum atomic E-state index is -0.900. The second kappa shape index (κ2) is 11.1. The normalized spacial score (nSPS) is 11.2. The Kier molecular flexibility index (Phi) is 7.74. The molecule has 5 nitrogen and oxygen atoms in total. The van der Waals surface area contributed by atoms with Crippen LogP contribution < -0.4 is 4.74 Å². The van der Waals surface area contributed by atoms with Crippen molar-refractivity contribution in [2.24, 2.45) is 0 Å². The Bertz CT molecular complexity index is 1300. The van der Waals surface area contributed by atoms with Crippen molar-refractivity contribution in [3.63, 3.8) is 0 Å². The molecule has 0 aliphatic heterocycles. The zero-order valence-corrected chi connectivity index (χ0v) is 20.7. The Hall–Kier alpha value is -4.06. The van der Waals surface area contributed by atoms with E-state index in [1.807, 2.05) is 84.9 Å². The highest BCUT2D eigenvalue weighted by molar-refractivity contribution is 5.91. The lowest BCUT2D eigenvalue weighted by atomic mass is 10.0. The predicted molar refractivity (Wildman–Crippen MR) is 137 cm³/mol. The first kappa shape index (κ1) is 25.0. The van der Waals surface area contributed by atoms with E-state index in [2.05, 4.69) is 9.97 Å². The first-order valence-corrected chi connectivity index (χ1v) is 11.8. The predicted octanol–water partition coefficient (Wildman–Crippen LogP) is 6.74. The molecule has 0 N–H and O–H groups in total. The van der Waals surface area contributed by atoms with Gasteiger partial charge in [-0.1, -0.05) is 84.9 Å². The molecule has 1 aromatic heterocycles. The molecule has 0 aliphatic rings. The molecular formula is C30H29FN2O3. The second-order valence-electron chi connectivity index (χ2n) is 9.41. The highest BCUT2D eigenvalue weighted by atomic mass is 19.1. The zero-order chi connectivity index (χ0) is 25.5. The number of hydrogen-bond acceptors (Lipinski definition) is 5. The van der Waals surface area contributed by atoms with Gasteiger partial charge in [0.2, 0.25) is 0 Å². The van der Waals surface area contributed by atoms with E-state index in [9.17, 15) is 9.18 Å². The minimum Gasteiger partial charge on any atom is -0.484 e. The van der Waals surface area contributed by atoms with Crippen LogP contribution in [0.25, 0.3) is 11.1 Å². The maximum atomic E-state index is 14.1. The van der Waals surface area contributed by atoms with E-state index < -0.39 is 18.2 Å². The molecule has 0 aliphatic carbocycles. The van der Waals surface area contributed by atoms with E-state index in [1.165, 1.54) is 0 Å². The molecule has 0 atom stereocenters. The first-order chi connectivity index (χ1) is 17.3. The SMILES string of the molecule is CC(C)(C)OC(=O)c1nc(Cc2ccc(-c3ccccc3)cc2)nc(CF)c1OCc1ccccc1. The molecule has 4 rings (SSSR count). The number of carbonyl (C=O) groups is 1. The number of aromatic nitrogens is 2. The molecule has 0 saturated heterocycles. The summed E-state index contributed by atoms with van der Waals surface area (Å²) in [5.41, 5.74) is 3.22. The van der Waals surface area contributed by atoms with Crippen molar-refractivity contribution in [1.82, 2.24) is 9.97 Å². The monoisotopic (exact) mass is 484 g/mol. The van der Waals surface area contributed by atoms with Gasteiger partial charge in [0.25, 0.3) is 0 Å². The average Bonchev–Trinajstić information content (AvgIpc) is 2.88. The molecule has 184 valence electrons. The molecule has 1 heterocycles. The average molecular weight is 485 g/mol. The fraction of sp³-hybridized carbons (Fsp3) is 0.233. The number of rotatable bonds is 8. The number of ether oxygens (including phenoxy) is 2. The van der Waals surface area contributed by atoms with E-state index in [0.29, 0.717) is 12.2 Å². The van der Waals surface area contributed by atoms with E-state index in [-0.39, 0.29) is 23.7 Å². The van der Waals surface area contributed by atoms with Gasteiger partial charge in [-0.3, -0.25) is 0 Å². The molecule has 0 amide bonds. The van der Waals surface area contributed by atoms with Gasteiger partial charge in [-0.05, 0) is 43.0 Å². The third-order valence-electron chi connectivity index (χ3n) is 5.35. The molecule has 6 heteroatoms. The third kappa shape index (κ3) is 6.54. The number of nitrogens with zero attached hydrogens (tertiary/aromatic N) is 2. The van der Waals surface area contributed by atoms with Crippen LogP contribution in [0.15, 0.2) is 84.9 Å². The quantitative estimate of drug-likeness (QED) is 0.259. The molecule has 0 radical (unpaired) electrons. The lowest BCUT2D eigenvalue weighted by Crippen LogP contribution is -2.26. The van der Waals surface area contributed by atoms with E-state index in [4.69, 9.17) is 9.47 Å². The Labute approximate surface area is 211 Å². The summed E-state index contributed by atoms with van der Waals surface area (Å²) in [6.07, 6.45) is 0.330. The highest BCUT2D eigenvalue weighted by Crippen LogP contribution is 2.27. The summed E-state index contributed by atoms with van der Waals surface area (Å²) in [6.45, 7) is 4.54. The Balaban J connectivity index is 1.64. The summed E-state index contributed by atoms with van der Waals surface area (Å²) in [6, 6.07) is 27.5. The van der Waals surface area contributed by atoms with Gasteiger partial charge in [0.05, 0.1) is 0 Å². The first-order valence-electron chi connectivity index (χ1n) is 11.8. The van der Waals surface area contributed by atoms with Gasteiger partial charge in [-0.25, -0.2) is 19.2 Å². The van der Waals surface area contributed by atoms with Crippen molar-refractivity contribution in [1.29, 1.82) is 0 Å². The van der Waals surface area contributed by atoms with Crippen molar-refractivity contribution >= 4 is 5.97 Å². The van der Waals surface area contributed by atoms with Crippen LogP contribution in [0.1, 0.15) is 53.9 Å². The van der Waals surface area contributed by atoms with E-state index in [0.717, 1.165) is 22.3 Å². The molecule has 36 heavy (non-hydrogen) atoms. The second-order valence-corrected chi connectivity index (χ2v) is 9.41. The van der Waals surface area contributed by atoms with Gasteiger partial charge in [0, 0.05) is 6.42 Å². The number of alkyl halides is 1. The summed E-state index contributed by atoms with van der Waals surface area (Å²) in [4.78, 5) is 21.9. The number of hydrogen-bond donors (Lipinski definition) is 0. The largest absolute Gasteiger partial charge is 0.484 e. The van der Waals surface area contributed by atoms with Crippen LogP contribution in [0.4, 0.5) is 4.39 Å². The molecule has 3 aromatic carbocycles. The molecule has 0 fully saturated rings. The van der Waals surface area contributed by atoms with Crippen LogP contribution in [0.3, 0.4) is 0 Å². The lowest BCUT2D eigenvalue weighted by molar-refractivity contribution is 0.00572. The number of carbonyl (C=O) groups excluding carboxylic acids is 1. The molecule has 4 aromatic rings. The molecule has 0 spiro atoms. The van der Waals surface area contributed by atoms with Gasteiger partial charge in [-0.2, -0.15) is 0 Å². The van der Waals surface area contributed by atoms with Crippen molar-refractivity contribution < 1.29 is 18.7 Å². The third-order valence-corrected chi connectivity index (χ3v) is 5.35. The van der Waals surface area contributed by atoms with Crippen LogP contribution >= 0.6 is 0 Å². The zero-order valence-electron chi connectivity index (χ0n) is 20.7. The summed E-state index contributed by atoms with van der Waals surface area (Å²) in [5.74, 6) is -0.342. The lowest BCUT2D eigenvalue weighted by Gasteiger charge is -2.21. The van der Waals surface area contributed by atoms with Gasteiger partial charge in [0.1, 0.15) is 30.4 Å². The van der Waals surface area contributed by atoms with Crippen LogP contribution in [0, 0.1) is 0 Å².